The zero-order chi connectivity index (χ0) is 29.6. The average molecular weight is 594 g/mol. The zero-order valence-electron chi connectivity index (χ0n) is 25.0. The molecule has 1 atom stereocenters. The van der Waals surface area contributed by atoms with Crippen LogP contribution in [0.5, 0.6) is 0 Å². The number of aromatic amines is 1. The third kappa shape index (κ3) is 16.1. The van der Waals surface area contributed by atoms with Gasteiger partial charge in [0, 0.05) is 13.2 Å². The van der Waals surface area contributed by atoms with Crippen LogP contribution in [0.4, 0.5) is 5.95 Å². The van der Waals surface area contributed by atoms with E-state index in [9.17, 15) is 14.3 Å². The molecule has 2 heterocycles. The maximum Gasteiger partial charge on any atom is 0.328 e. The SMILES string of the molecule is CCCCCCCC/C=C/CCCCCCCCOCCOP(=O)(O)CC/C=C\Cn1cnc2c(=O)[nH]c(N)nc21. The molecule has 1 unspecified atom stereocenters. The Morgan fingerprint density at radius 3 is 2.24 bits per heavy atom. The van der Waals surface area contributed by atoms with Gasteiger partial charge in [-0.2, -0.15) is 4.98 Å². The van der Waals surface area contributed by atoms with Crippen molar-refractivity contribution in [2.45, 2.75) is 110 Å². The molecule has 0 bridgehead atoms. The van der Waals surface area contributed by atoms with Gasteiger partial charge in [0.05, 0.1) is 25.7 Å². The quantitative estimate of drug-likeness (QED) is 0.0640. The summed E-state index contributed by atoms with van der Waals surface area (Å²) in [5, 5.41) is 0. The lowest BCUT2D eigenvalue weighted by molar-refractivity contribution is 0.0926. The maximum atomic E-state index is 12.2. The standard InChI is InChI=1S/C30H52N5O5P/c1-2-3-4-5-6-7-8-9-10-11-12-13-14-15-16-19-22-39-23-24-40-41(37,38)25-20-17-18-21-35-26-32-27-28(35)33-30(31)34-29(27)36/h9-10,17-18,26H,2-8,11-16,19-25H2,1H3,(H,37,38)(H3,31,33,34,36)/b10-9+,18-17-. The molecule has 4 N–H and O–H groups in total. The molecule has 0 aliphatic rings. The van der Waals surface area contributed by atoms with Crippen LogP contribution in [0, 0.1) is 0 Å². The predicted octanol–water partition coefficient (Wildman–Crippen LogP) is 6.90. The van der Waals surface area contributed by atoms with Gasteiger partial charge in [0.25, 0.3) is 5.56 Å². The van der Waals surface area contributed by atoms with Crippen molar-refractivity contribution in [3.05, 3.63) is 41.0 Å². The molecule has 0 saturated heterocycles. The lowest BCUT2D eigenvalue weighted by atomic mass is 10.1. The Kier molecular flexibility index (Phi) is 18.3. The van der Waals surface area contributed by atoms with Gasteiger partial charge in [-0.3, -0.25) is 14.3 Å². The van der Waals surface area contributed by atoms with Crippen LogP contribution < -0.4 is 11.3 Å². The van der Waals surface area contributed by atoms with Crippen LogP contribution in [-0.4, -0.2) is 50.4 Å². The van der Waals surface area contributed by atoms with E-state index in [-0.39, 0.29) is 29.8 Å². The molecular formula is C30H52N5O5P. The van der Waals surface area contributed by atoms with Gasteiger partial charge in [-0.25, -0.2) is 4.98 Å². The van der Waals surface area contributed by atoms with E-state index in [2.05, 4.69) is 34.0 Å². The summed E-state index contributed by atoms with van der Waals surface area (Å²) in [4.78, 5) is 32.4. The minimum atomic E-state index is -3.67. The number of aromatic nitrogens is 4. The third-order valence-electron chi connectivity index (χ3n) is 6.86. The molecule has 0 spiro atoms. The number of hydrogen-bond acceptors (Lipinski definition) is 7. The number of unbranched alkanes of at least 4 members (excludes halogenated alkanes) is 12. The first-order chi connectivity index (χ1) is 19.9. The van der Waals surface area contributed by atoms with E-state index < -0.39 is 7.60 Å². The Balaban J connectivity index is 1.38. The normalized spacial score (nSPS) is 13.6. The monoisotopic (exact) mass is 593 g/mol. The van der Waals surface area contributed by atoms with Gasteiger partial charge in [0.1, 0.15) is 0 Å². The number of H-pyrrole nitrogens is 1. The molecule has 0 fully saturated rings. The number of nitrogens with two attached hydrogens (primary N) is 1. The van der Waals surface area contributed by atoms with Crippen molar-refractivity contribution in [3.63, 3.8) is 0 Å². The van der Waals surface area contributed by atoms with Crippen LogP contribution in [-0.2, 0) is 20.4 Å². The summed E-state index contributed by atoms with van der Waals surface area (Å²) in [6, 6.07) is 0. The van der Waals surface area contributed by atoms with E-state index in [4.69, 9.17) is 15.0 Å². The second-order valence-electron chi connectivity index (χ2n) is 10.5. The lowest BCUT2D eigenvalue weighted by Gasteiger charge is -2.11. The van der Waals surface area contributed by atoms with Crippen LogP contribution in [0.1, 0.15) is 103 Å². The minimum absolute atomic E-state index is 0.0218. The second-order valence-corrected chi connectivity index (χ2v) is 12.5. The van der Waals surface area contributed by atoms with Gasteiger partial charge in [-0.1, -0.05) is 89.0 Å². The van der Waals surface area contributed by atoms with Gasteiger partial charge in [-0.05, 0) is 38.5 Å². The molecular weight excluding hydrogens is 541 g/mol. The van der Waals surface area contributed by atoms with Crippen LogP contribution in [0.2, 0.25) is 0 Å². The highest BCUT2D eigenvalue weighted by atomic mass is 31.2. The number of nitrogen functional groups attached to an aromatic ring is 1. The lowest BCUT2D eigenvalue weighted by Crippen LogP contribution is -2.12. The Bertz CT molecular complexity index is 1130. The van der Waals surface area contributed by atoms with Gasteiger partial charge in [0.15, 0.2) is 11.2 Å². The topological polar surface area (TPSA) is 145 Å². The maximum absolute atomic E-state index is 12.2. The Morgan fingerprint density at radius 1 is 0.902 bits per heavy atom. The molecule has 0 aliphatic carbocycles. The van der Waals surface area contributed by atoms with Gasteiger partial charge < -0.3 is 24.5 Å². The van der Waals surface area contributed by atoms with E-state index in [1.54, 1.807) is 10.6 Å². The minimum Gasteiger partial charge on any atom is -0.379 e. The Hall–Kier alpha value is -2.26. The Morgan fingerprint density at radius 2 is 1.54 bits per heavy atom. The highest BCUT2D eigenvalue weighted by molar-refractivity contribution is 7.52. The van der Waals surface area contributed by atoms with Gasteiger partial charge in [-0.15, -0.1) is 0 Å². The highest BCUT2D eigenvalue weighted by Gasteiger charge is 2.17. The van der Waals surface area contributed by atoms with E-state index in [1.807, 2.05) is 6.08 Å². The number of rotatable bonds is 25. The van der Waals surface area contributed by atoms with E-state index in [0.29, 0.717) is 31.8 Å². The number of hydrogen-bond donors (Lipinski definition) is 3. The number of imidazole rings is 1. The smallest absolute Gasteiger partial charge is 0.328 e. The molecule has 0 aliphatic heterocycles. The summed E-state index contributed by atoms with van der Waals surface area (Å²) in [6.45, 7) is 3.74. The van der Waals surface area contributed by atoms with E-state index in [0.717, 1.165) is 12.8 Å². The number of nitrogens with one attached hydrogen (secondary N) is 1. The number of ether oxygens (including phenoxy) is 1. The van der Waals surface area contributed by atoms with Gasteiger partial charge >= 0.3 is 7.60 Å². The first-order valence-corrected chi connectivity index (χ1v) is 17.2. The molecule has 41 heavy (non-hydrogen) atoms. The summed E-state index contributed by atoms with van der Waals surface area (Å²) >= 11 is 0. The number of nitrogens with zero attached hydrogens (tertiary/aromatic N) is 3. The molecule has 2 aromatic rings. The second kappa shape index (κ2) is 21.4. The number of anilines is 1. The molecule has 2 aromatic heterocycles. The van der Waals surface area contributed by atoms with Crippen LogP contribution >= 0.6 is 7.60 Å². The van der Waals surface area contributed by atoms with Crippen molar-refractivity contribution in [1.29, 1.82) is 0 Å². The van der Waals surface area contributed by atoms with Crippen LogP contribution in [0.25, 0.3) is 11.2 Å². The highest BCUT2D eigenvalue weighted by Crippen LogP contribution is 2.42. The molecule has 0 amide bonds. The van der Waals surface area contributed by atoms with Crippen LogP contribution in [0.3, 0.4) is 0 Å². The Labute approximate surface area is 245 Å². The van der Waals surface area contributed by atoms with Crippen LogP contribution in [0.15, 0.2) is 35.4 Å². The fourth-order valence-corrected chi connectivity index (χ4v) is 5.47. The molecule has 0 saturated carbocycles. The van der Waals surface area contributed by atoms with Crippen molar-refractivity contribution < 1.29 is 18.7 Å². The van der Waals surface area contributed by atoms with Crippen molar-refractivity contribution >= 4 is 24.7 Å². The summed E-state index contributed by atoms with van der Waals surface area (Å²) < 4.78 is 24.6. The first kappa shape index (κ1) is 34.9. The average Bonchev–Trinajstić information content (AvgIpc) is 3.34. The first-order valence-electron chi connectivity index (χ1n) is 15.5. The molecule has 0 radical (unpaired) electrons. The third-order valence-corrected chi connectivity index (χ3v) is 8.27. The van der Waals surface area contributed by atoms with E-state index >= 15 is 0 Å². The van der Waals surface area contributed by atoms with Crippen molar-refractivity contribution in [2.75, 3.05) is 31.7 Å². The van der Waals surface area contributed by atoms with Crippen molar-refractivity contribution in [2.24, 2.45) is 0 Å². The fourth-order valence-electron chi connectivity index (χ4n) is 4.51. The zero-order valence-corrected chi connectivity index (χ0v) is 25.9. The fraction of sp³-hybridized carbons (Fsp3) is 0.700. The number of fused-ring (bicyclic) bond motifs is 1. The summed E-state index contributed by atoms with van der Waals surface area (Å²) in [5.74, 6) is 0.0265. The van der Waals surface area contributed by atoms with Crippen molar-refractivity contribution in [3.8, 4) is 0 Å². The summed E-state index contributed by atoms with van der Waals surface area (Å²) in [5.41, 5.74) is 5.82. The van der Waals surface area contributed by atoms with Crippen molar-refractivity contribution in [1.82, 2.24) is 19.5 Å². The molecule has 2 rings (SSSR count). The molecule has 11 heteroatoms. The molecule has 0 aromatic carbocycles. The largest absolute Gasteiger partial charge is 0.379 e. The molecule has 232 valence electrons. The summed E-state index contributed by atoms with van der Waals surface area (Å²) in [7, 11) is -3.67. The summed E-state index contributed by atoms with van der Waals surface area (Å²) in [6.07, 6.45) is 28.0. The predicted molar refractivity (Wildman–Crippen MR) is 167 cm³/mol. The van der Waals surface area contributed by atoms with E-state index in [1.165, 1.54) is 83.4 Å². The molecule has 10 nitrogen and oxygen atoms in total. The number of allylic oxidation sites excluding steroid dienone is 4. The van der Waals surface area contributed by atoms with Gasteiger partial charge in [0.2, 0.25) is 5.95 Å².